The van der Waals surface area contributed by atoms with Crippen LogP contribution in [0.1, 0.15) is 25.2 Å². The van der Waals surface area contributed by atoms with Gasteiger partial charge in [-0.05, 0) is 25.8 Å². The topological polar surface area (TPSA) is 42.7 Å². The second kappa shape index (κ2) is 7.60. The molecule has 0 unspecified atom stereocenters. The first-order valence-electron chi connectivity index (χ1n) is 7.00. The summed E-state index contributed by atoms with van der Waals surface area (Å²) in [6.45, 7) is 6.73. The Kier molecular flexibility index (Phi) is 5.50. The number of aromatic nitrogens is 3. The summed E-state index contributed by atoms with van der Waals surface area (Å²) in [5.41, 5.74) is 2.66. The molecule has 0 radical (unpaired) electrons. The molecule has 1 heterocycles. The maximum atomic E-state index is 4.17. The molecule has 0 atom stereocenters. The molecule has 0 saturated carbocycles. The highest BCUT2D eigenvalue weighted by Gasteiger charge is 2.03. The van der Waals surface area contributed by atoms with E-state index in [1.54, 1.807) is 6.33 Å². The molecule has 0 bridgehead atoms. The Hall–Kier alpha value is -1.94. The number of nitrogens with zero attached hydrogens (tertiary/aromatic N) is 3. The van der Waals surface area contributed by atoms with Gasteiger partial charge in [0.1, 0.15) is 12.2 Å². The highest BCUT2D eigenvalue weighted by Crippen LogP contribution is 2.03. The summed E-state index contributed by atoms with van der Waals surface area (Å²) in [6, 6.07) is 10.5. The van der Waals surface area contributed by atoms with E-state index >= 15 is 0 Å². The van der Waals surface area contributed by atoms with Crippen LogP contribution in [-0.4, -0.2) is 21.3 Å². The van der Waals surface area contributed by atoms with Crippen molar-refractivity contribution in [3.63, 3.8) is 0 Å². The molecule has 0 aliphatic heterocycles. The van der Waals surface area contributed by atoms with E-state index in [0.717, 1.165) is 31.9 Å². The summed E-state index contributed by atoms with van der Waals surface area (Å²) >= 11 is 0. The molecule has 1 N–H and O–H groups in total. The first-order valence-corrected chi connectivity index (χ1v) is 7.00. The zero-order chi connectivity index (χ0) is 14.2. The van der Waals surface area contributed by atoms with Crippen LogP contribution in [0.5, 0.6) is 0 Å². The average Bonchev–Trinajstić information content (AvgIpc) is 2.90. The Morgan fingerprint density at radius 2 is 2.05 bits per heavy atom. The molecule has 106 valence electrons. The first-order chi connectivity index (χ1) is 9.75. The van der Waals surface area contributed by atoms with E-state index in [-0.39, 0.29) is 0 Å². The molecule has 1 aromatic heterocycles. The van der Waals surface area contributed by atoms with Crippen molar-refractivity contribution in [3.8, 4) is 0 Å². The van der Waals surface area contributed by atoms with Crippen LogP contribution in [0.25, 0.3) is 0 Å². The van der Waals surface area contributed by atoms with Gasteiger partial charge in [0.15, 0.2) is 0 Å². The Bertz CT molecular complexity index is 539. The number of allylic oxidation sites excluding steroid dienone is 1. The lowest BCUT2D eigenvalue weighted by molar-refractivity contribution is 0.613. The highest BCUT2D eigenvalue weighted by molar-refractivity contribution is 5.14. The lowest BCUT2D eigenvalue weighted by atomic mass is 10.1. The van der Waals surface area contributed by atoms with Gasteiger partial charge >= 0.3 is 0 Å². The van der Waals surface area contributed by atoms with Gasteiger partial charge in [-0.1, -0.05) is 42.0 Å². The quantitative estimate of drug-likeness (QED) is 0.621. The first kappa shape index (κ1) is 14.5. The van der Waals surface area contributed by atoms with E-state index < -0.39 is 0 Å². The number of rotatable bonds is 7. The van der Waals surface area contributed by atoms with Gasteiger partial charge < -0.3 is 9.88 Å². The molecule has 0 spiro atoms. The summed E-state index contributed by atoms with van der Waals surface area (Å²) in [5, 5.41) is 11.5. The van der Waals surface area contributed by atoms with E-state index in [1.165, 1.54) is 11.1 Å². The van der Waals surface area contributed by atoms with Crippen LogP contribution in [0, 0.1) is 0 Å². The molecular formula is C16H22N4. The zero-order valence-electron chi connectivity index (χ0n) is 12.2. The normalized spacial score (nSPS) is 10.5. The molecule has 4 heteroatoms. The smallest absolute Gasteiger partial charge is 0.146 e. The van der Waals surface area contributed by atoms with Crippen LogP contribution < -0.4 is 5.32 Å². The Labute approximate surface area is 120 Å². The van der Waals surface area contributed by atoms with Crippen molar-refractivity contribution in [3.05, 3.63) is 59.7 Å². The van der Waals surface area contributed by atoms with Crippen molar-refractivity contribution in [2.45, 2.75) is 33.4 Å². The fraction of sp³-hybridized carbons (Fsp3) is 0.375. The van der Waals surface area contributed by atoms with Gasteiger partial charge in [-0.25, -0.2) is 0 Å². The number of benzene rings is 1. The van der Waals surface area contributed by atoms with Crippen molar-refractivity contribution < 1.29 is 0 Å². The summed E-state index contributed by atoms with van der Waals surface area (Å²) in [6.07, 6.45) is 4.98. The third-order valence-electron chi connectivity index (χ3n) is 3.12. The molecule has 0 amide bonds. The Morgan fingerprint density at radius 1 is 1.25 bits per heavy atom. The zero-order valence-corrected chi connectivity index (χ0v) is 12.2. The molecule has 4 nitrogen and oxygen atoms in total. The van der Waals surface area contributed by atoms with Crippen molar-refractivity contribution in [2.75, 3.05) is 6.54 Å². The van der Waals surface area contributed by atoms with Crippen LogP contribution in [0.4, 0.5) is 0 Å². The molecular weight excluding hydrogens is 248 g/mol. The largest absolute Gasteiger partial charge is 0.316 e. The molecule has 0 aliphatic rings. The minimum Gasteiger partial charge on any atom is -0.316 e. The SMILES string of the molecule is CC(C)=CCNCc1nncn1CCc1ccccc1. The molecule has 2 rings (SSSR count). The summed E-state index contributed by atoms with van der Waals surface area (Å²) < 4.78 is 2.11. The fourth-order valence-corrected chi connectivity index (χ4v) is 1.96. The van der Waals surface area contributed by atoms with Crippen molar-refractivity contribution in [1.82, 2.24) is 20.1 Å². The predicted octanol–water partition coefficient (Wildman–Crippen LogP) is 2.58. The number of nitrogens with one attached hydrogen (secondary N) is 1. The third-order valence-corrected chi connectivity index (χ3v) is 3.12. The van der Waals surface area contributed by atoms with Gasteiger partial charge in [0.25, 0.3) is 0 Å². The molecule has 1 aromatic carbocycles. The standard InChI is InChI=1S/C16H22N4/c1-14(2)8-10-17-12-16-19-18-13-20(16)11-9-15-6-4-3-5-7-15/h3-8,13,17H,9-12H2,1-2H3. The molecule has 0 fully saturated rings. The summed E-state index contributed by atoms with van der Waals surface area (Å²) in [7, 11) is 0. The predicted molar refractivity (Wildman–Crippen MR) is 81.3 cm³/mol. The van der Waals surface area contributed by atoms with Gasteiger partial charge in [-0.15, -0.1) is 10.2 Å². The minimum absolute atomic E-state index is 0.749. The fourth-order valence-electron chi connectivity index (χ4n) is 1.96. The van der Waals surface area contributed by atoms with Crippen molar-refractivity contribution >= 4 is 0 Å². The number of hydrogen-bond donors (Lipinski definition) is 1. The van der Waals surface area contributed by atoms with Crippen LogP contribution in [0.15, 0.2) is 48.3 Å². The Morgan fingerprint density at radius 3 is 2.80 bits per heavy atom. The van der Waals surface area contributed by atoms with Crippen LogP contribution >= 0.6 is 0 Å². The van der Waals surface area contributed by atoms with Crippen LogP contribution in [-0.2, 0) is 19.5 Å². The maximum Gasteiger partial charge on any atom is 0.146 e. The lowest BCUT2D eigenvalue weighted by Gasteiger charge is -2.07. The molecule has 20 heavy (non-hydrogen) atoms. The lowest BCUT2D eigenvalue weighted by Crippen LogP contribution is -2.17. The monoisotopic (exact) mass is 270 g/mol. The second-order valence-electron chi connectivity index (χ2n) is 5.09. The van der Waals surface area contributed by atoms with Gasteiger partial charge in [-0.3, -0.25) is 0 Å². The van der Waals surface area contributed by atoms with E-state index in [1.807, 2.05) is 6.07 Å². The van der Waals surface area contributed by atoms with Gasteiger partial charge in [0, 0.05) is 13.1 Å². The van der Waals surface area contributed by atoms with Gasteiger partial charge in [0.2, 0.25) is 0 Å². The summed E-state index contributed by atoms with van der Waals surface area (Å²) in [5.74, 6) is 0.989. The molecule has 0 saturated heterocycles. The third kappa shape index (κ3) is 4.63. The van der Waals surface area contributed by atoms with Crippen molar-refractivity contribution in [2.24, 2.45) is 0 Å². The van der Waals surface area contributed by atoms with Gasteiger partial charge in [-0.2, -0.15) is 0 Å². The molecule has 0 aliphatic carbocycles. The summed E-state index contributed by atoms with van der Waals surface area (Å²) in [4.78, 5) is 0. The van der Waals surface area contributed by atoms with E-state index in [4.69, 9.17) is 0 Å². The average molecular weight is 270 g/mol. The maximum absolute atomic E-state index is 4.17. The number of hydrogen-bond acceptors (Lipinski definition) is 3. The molecule has 2 aromatic rings. The van der Waals surface area contributed by atoms with Crippen LogP contribution in [0.3, 0.4) is 0 Å². The van der Waals surface area contributed by atoms with E-state index in [0.29, 0.717) is 0 Å². The second-order valence-corrected chi connectivity index (χ2v) is 5.09. The van der Waals surface area contributed by atoms with Gasteiger partial charge in [0.05, 0.1) is 6.54 Å². The minimum atomic E-state index is 0.749. The highest BCUT2D eigenvalue weighted by atomic mass is 15.3. The van der Waals surface area contributed by atoms with E-state index in [2.05, 4.69) is 64.3 Å². The number of aryl methyl sites for hydroxylation is 2. The van der Waals surface area contributed by atoms with E-state index in [9.17, 15) is 0 Å². The Balaban J connectivity index is 1.84. The van der Waals surface area contributed by atoms with Crippen molar-refractivity contribution in [1.29, 1.82) is 0 Å². The van der Waals surface area contributed by atoms with Crippen LogP contribution in [0.2, 0.25) is 0 Å².